The van der Waals surface area contributed by atoms with Crippen LogP contribution in [0, 0.1) is 11.8 Å². The standard InChI is InChI=1S/C12H27NO/c1-5-11(6-2)7-12(14)9-13-8-10(3)4/h10-14H,5-9H2,1-4H3. The maximum Gasteiger partial charge on any atom is 0.0667 e. The summed E-state index contributed by atoms with van der Waals surface area (Å²) in [7, 11) is 0. The van der Waals surface area contributed by atoms with Crippen LogP contribution in [0.25, 0.3) is 0 Å². The van der Waals surface area contributed by atoms with Gasteiger partial charge in [0.15, 0.2) is 0 Å². The normalized spacial score (nSPS) is 13.9. The number of aliphatic hydroxyl groups excluding tert-OH is 1. The van der Waals surface area contributed by atoms with Crippen molar-refractivity contribution < 1.29 is 5.11 Å². The van der Waals surface area contributed by atoms with Gasteiger partial charge in [-0.15, -0.1) is 0 Å². The fourth-order valence-corrected chi connectivity index (χ4v) is 1.63. The summed E-state index contributed by atoms with van der Waals surface area (Å²) in [5, 5.41) is 13.0. The van der Waals surface area contributed by atoms with Crippen LogP contribution >= 0.6 is 0 Å². The topological polar surface area (TPSA) is 32.3 Å². The Balaban J connectivity index is 3.48. The van der Waals surface area contributed by atoms with Gasteiger partial charge >= 0.3 is 0 Å². The first-order chi connectivity index (χ1) is 6.60. The molecular formula is C12H27NO. The van der Waals surface area contributed by atoms with Crippen molar-refractivity contribution in [2.24, 2.45) is 11.8 Å². The van der Waals surface area contributed by atoms with Crippen molar-refractivity contribution in [3.8, 4) is 0 Å². The van der Waals surface area contributed by atoms with Gasteiger partial charge in [0.05, 0.1) is 6.10 Å². The minimum atomic E-state index is -0.168. The molecule has 0 amide bonds. The summed E-state index contributed by atoms with van der Waals surface area (Å²) in [6.45, 7) is 10.5. The van der Waals surface area contributed by atoms with Crippen LogP contribution in [0.2, 0.25) is 0 Å². The molecule has 0 aliphatic carbocycles. The quantitative estimate of drug-likeness (QED) is 0.632. The molecule has 14 heavy (non-hydrogen) atoms. The summed E-state index contributed by atoms with van der Waals surface area (Å²) in [6.07, 6.45) is 3.13. The third kappa shape index (κ3) is 7.34. The molecule has 0 radical (unpaired) electrons. The molecule has 0 spiro atoms. The molecule has 0 aliphatic heterocycles. The number of hydrogen-bond donors (Lipinski definition) is 2. The molecule has 0 saturated carbocycles. The third-order valence-corrected chi connectivity index (χ3v) is 2.69. The molecule has 0 saturated heterocycles. The molecule has 2 heteroatoms. The van der Waals surface area contributed by atoms with E-state index in [1.807, 2.05) is 0 Å². The molecule has 1 unspecified atom stereocenters. The van der Waals surface area contributed by atoms with E-state index < -0.39 is 0 Å². The van der Waals surface area contributed by atoms with E-state index in [-0.39, 0.29) is 6.10 Å². The van der Waals surface area contributed by atoms with E-state index in [1.165, 1.54) is 12.8 Å². The van der Waals surface area contributed by atoms with Gasteiger partial charge in [-0.25, -0.2) is 0 Å². The second-order valence-corrected chi connectivity index (χ2v) is 4.62. The van der Waals surface area contributed by atoms with Crippen molar-refractivity contribution in [3.05, 3.63) is 0 Å². The highest BCUT2D eigenvalue weighted by Crippen LogP contribution is 2.14. The van der Waals surface area contributed by atoms with Gasteiger partial charge < -0.3 is 10.4 Å². The minimum Gasteiger partial charge on any atom is -0.392 e. The maximum atomic E-state index is 9.73. The van der Waals surface area contributed by atoms with Gasteiger partial charge in [-0.05, 0) is 24.8 Å². The molecule has 0 fully saturated rings. The van der Waals surface area contributed by atoms with E-state index in [9.17, 15) is 5.11 Å². The van der Waals surface area contributed by atoms with Crippen molar-refractivity contribution in [1.29, 1.82) is 0 Å². The molecule has 0 rings (SSSR count). The Morgan fingerprint density at radius 2 is 1.64 bits per heavy atom. The molecule has 0 bridgehead atoms. The molecule has 0 aromatic heterocycles. The van der Waals surface area contributed by atoms with Crippen LogP contribution in [-0.2, 0) is 0 Å². The average molecular weight is 201 g/mol. The van der Waals surface area contributed by atoms with E-state index >= 15 is 0 Å². The molecule has 0 heterocycles. The highest BCUT2D eigenvalue weighted by molar-refractivity contribution is 4.65. The van der Waals surface area contributed by atoms with E-state index in [4.69, 9.17) is 0 Å². The van der Waals surface area contributed by atoms with Crippen molar-refractivity contribution >= 4 is 0 Å². The number of nitrogens with one attached hydrogen (secondary N) is 1. The predicted molar refractivity (Wildman–Crippen MR) is 62.4 cm³/mol. The average Bonchev–Trinajstić information content (AvgIpc) is 2.13. The van der Waals surface area contributed by atoms with Gasteiger partial charge in [0, 0.05) is 6.54 Å². The largest absolute Gasteiger partial charge is 0.392 e. The van der Waals surface area contributed by atoms with Crippen molar-refractivity contribution in [1.82, 2.24) is 5.32 Å². The molecule has 2 nitrogen and oxygen atoms in total. The fourth-order valence-electron chi connectivity index (χ4n) is 1.63. The Hall–Kier alpha value is -0.0800. The van der Waals surface area contributed by atoms with Gasteiger partial charge in [-0.1, -0.05) is 40.5 Å². The van der Waals surface area contributed by atoms with Crippen LogP contribution in [0.15, 0.2) is 0 Å². The molecular weight excluding hydrogens is 174 g/mol. The SMILES string of the molecule is CCC(CC)CC(O)CNCC(C)C. The van der Waals surface area contributed by atoms with Crippen LogP contribution in [0.5, 0.6) is 0 Å². The first-order valence-electron chi connectivity index (χ1n) is 5.98. The molecule has 0 aromatic carbocycles. The number of hydrogen-bond acceptors (Lipinski definition) is 2. The second-order valence-electron chi connectivity index (χ2n) is 4.62. The Kier molecular flexibility index (Phi) is 8.20. The molecule has 0 aromatic rings. The third-order valence-electron chi connectivity index (χ3n) is 2.69. The lowest BCUT2D eigenvalue weighted by atomic mass is 9.96. The molecule has 86 valence electrons. The minimum absolute atomic E-state index is 0.168. The smallest absolute Gasteiger partial charge is 0.0667 e. The van der Waals surface area contributed by atoms with Gasteiger partial charge in [0.2, 0.25) is 0 Å². The van der Waals surface area contributed by atoms with E-state index in [0.717, 1.165) is 19.5 Å². The van der Waals surface area contributed by atoms with Crippen LogP contribution in [0.1, 0.15) is 47.0 Å². The fraction of sp³-hybridized carbons (Fsp3) is 1.00. The van der Waals surface area contributed by atoms with E-state index in [1.54, 1.807) is 0 Å². The summed E-state index contributed by atoms with van der Waals surface area (Å²) in [5.74, 6) is 1.35. The number of rotatable bonds is 8. The Morgan fingerprint density at radius 3 is 2.07 bits per heavy atom. The summed E-state index contributed by atoms with van der Waals surface area (Å²) in [5.41, 5.74) is 0. The Morgan fingerprint density at radius 1 is 1.07 bits per heavy atom. The summed E-state index contributed by atoms with van der Waals surface area (Å²) in [6, 6.07) is 0. The lowest BCUT2D eigenvalue weighted by Crippen LogP contribution is -2.30. The zero-order chi connectivity index (χ0) is 11.0. The van der Waals surface area contributed by atoms with Crippen LogP contribution in [0.4, 0.5) is 0 Å². The monoisotopic (exact) mass is 201 g/mol. The van der Waals surface area contributed by atoms with Crippen LogP contribution in [-0.4, -0.2) is 24.3 Å². The maximum absolute atomic E-state index is 9.73. The number of aliphatic hydroxyl groups is 1. The van der Waals surface area contributed by atoms with Gasteiger partial charge in [0.1, 0.15) is 0 Å². The van der Waals surface area contributed by atoms with Crippen LogP contribution in [0.3, 0.4) is 0 Å². The van der Waals surface area contributed by atoms with E-state index in [2.05, 4.69) is 33.0 Å². The van der Waals surface area contributed by atoms with Crippen LogP contribution < -0.4 is 5.32 Å². The zero-order valence-electron chi connectivity index (χ0n) is 10.2. The van der Waals surface area contributed by atoms with Gasteiger partial charge in [0.25, 0.3) is 0 Å². The highest BCUT2D eigenvalue weighted by Gasteiger charge is 2.10. The summed E-state index contributed by atoms with van der Waals surface area (Å²) < 4.78 is 0. The van der Waals surface area contributed by atoms with Crippen molar-refractivity contribution in [2.45, 2.75) is 53.1 Å². The van der Waals surface area contributed by atoms with Crippen molar-refractivity contribution in [3.63, 3.8) is 0 Å². The lowest BCUT2D eigenvalue weighted by Gasteiger charge is -2.18. The van der Waals surface area contributed by atoms with E-state index in [0.29, 0.717) is 11.8 Å². The first kappa shape index (κ1) is 13.9. The first-order valence-corrected chi connectivity index (χ1v) is 5.98. The predicted octanol–water partition coefficient (Wildman–Crippen LogP) is 2.42. The molecule has 0 aliphatic rings. The zero-order valence-corrected chi connectivity index (χ0v) is 10.2. The Labute approximate surface area is 89.1 Å². The van der Waals surface area contributed by atoms with Gasteiger partial charge in [-0.2, -0.15) is 0 Å². The second kappa shape index (κ2) is 8.25. The molecule has 1 atom stereocenters. The summed E-state index contributed by atoms with van der Waals surface area (Å²) >= 11 is 0. The van der Waals surface area contributed by atoms with Gasteiger partial charge in [-0.3, -0.25) is 0 Å². The summed E-state index contributed by atoms with van der Waals surface area (Å²) in [4.78, 5) is 0. The highest BCUT2D eigenvalue weighted by atomic mass is 16.3. The lowest BCUT2D eigenvalue weighted by molar-refractivity contribution is 0.136. The van der Waals surface area contributed by atoms with Crippen molar-refractivity contribution in [2.75, 3.05) is 13.1 Å². The Bertz CT molecular complexity index is 121. The molecule has 2 N–H and O–H groups in total.